The van der Waals surface area contributed by atoms with Gasteiger partial charge in [-0.25, -0.2) is 4.39 Å². The Hall–Kier alpha value is -1.09. The van der Waals surface area contributed by atoms with Crippen LogP contribution < -0.4 is 10.6 Å². The van der Waals surface area contributed by atoms with E-state index in [1.165, 1.54) is 0 Å². The van der Waals surface area contributed by atoms with Gasteiger partial charge in [0, 0.05) is 18.8 Å². The maximum Gasteiger partial charge on any atom is 0.128 e. The van der Waals surface area contributed by atoms with Crippen LogP contribution in [-0.4, -0.2) is 19.6 Å². The highest BCUT2D eigenvalue weighted by atomic mass is 19.1. The van der Waals surface area contributed by atoms with Crippen molar-refractivity contribution in [2.75, 3.05) is 24.5 Å². The van der Waals surface area contributed by atoms with Gasteiger partial charge in [0.15, 0.2) is 0 Å². The van der Waals surface area contributed by atoms with E-state index in [2.05, 4.69) is 4.90 Å². The maximum absolute atomic E-state index is 14.1. The lowest BCUT2D eigenvalue weighted by atomic mass is 9.86. The van der Waals surface area contributed by atoms with E-state index < -0.39 is 0 Å². The molecule has 1 heterocycles. The number of anilines is 1. The lowest BCUT2D eigenvalue weighted by Gasteiger charge is -2.23. The molecule has 2 N–H and O–H groups in total. The predicted molar refractivity (Wildman–Crippen MR) is 74.5 cm³/mol. The molecule has 2 rings (SSSR count). The molecule has 18 heavy (non-hydrogen) atoms. The van der Waals surface area contributed by atoms with E-state index >= 15 is 0 Å². The van der Waals surface area contributed by atoms with Crippen molar-refractivity contribution in [2.24, 2.45) is 11.7 Å². The van der Waals surface area contributed by atoms with Gasteiger partial charge in [0.2, 0.25) is 0 Å². The summed E-state index contributed by atoms with van der Waals surface area (Å²) in [5, 5.41) is 0. The van der Waals surface area contributed by atoms with Crippen molar-refractivity contribution in [3.05, 3.63) is 29.6 Å². The molecular formula is C15H23FN2. The molecule has 1 aromatic carbocycles. The summed E-state index contributed by atoms with van der Waals surface area (Å²) in [4.78, 5) is 2.23. The second-order valence-corrected chi connectivity index (χ2v) is 6.25. The average molecular weight is 250 g/mol. The van der Waals surface area contributed by atoms with Crippen molar-refractivity contribution in [1.29, 1.82) is 0 Å². The van der Waals surface area contributed by atoms with Gasteiger partial charge < -0.3 is 10.6 Å². The van der Waals surface area contributed by atoms with Crippen LogP contribution >= 0.6 is 0 Å². The van der Waals surface area contributed by atoms with Gasteiger partial charge in [-0.3, -0.25) is 0 Å². The van der Waals surface area contributed by atoms with Crippen molar-refractivity contribution in [1.82, 2.24) is 0 Å². The smallest absolute Gasteiger partial charge is 0.128 e. The highest BCUT2D eigenvalue weighted by Gasteiger charge is 2.23. The summed E-state index contributed by atoms with van der Waals surface area (Å²) in [6.45, 7) is 8.75. The minimum atomic E-state index is -0.145. The number of rotatable bonds is 2. The summed E-state index contributed by atoms with van der Waals surface area (Å²) in [5.41, 5.74) is 7.30. The Morgan fingerprint density at radius 2 is 2.11 bits per heavy atom. The molecule has 1 aliphatic rings. The molecule has 3 heteroatoms. The quantitative estimate of drug-likeness (QED) is 0.874. The summed E-state index contributed by atoms with van der Waals surface area (Å²) < 4.78 is 14.1. The molecule has 0 aliphatic carbocycles. The number of nitrogens with two attached hydrogens (primary N) is 1. The fourth-order valence-corrected chi connectivity index (χ4v) is 2.57. The van der Waals surface area contributed by atoms with Crippen LogP contribution in [0.3, 0.4) is 0 Å². The largest absolute Gasteiger partial charge is 0.371 e. The van der Waals surface area contributed by atoms with Gasteiger partial charge in [-0.05, 0) is 42.0 Å². The molecule has 0 bridgehead atoms. The van der Waals surface area contributed by atoms with Crippen molar-refractivity contribution >= 4 is 5.69 Å². The fraction of sp³-hybridized carbons (Fsp3) is 0.600. The Bertz CT molecular complexity index is 423. The molecule has 2 nitrogen and oxygen atoms in total. The minimum Gasteiger partial charge on any atom is -0.371 e. The van der Waals surface area contributed by atoms with Gasteiger partial charge in [0.25, 0.3) is 0 Å². The number of nitrogens with zero attached hydrogens (tertiary/aromatic N) is 1. The van der Waals surface area contributed by atoms with Gasteiger partial charge >= 0.3 is 0 Å². The Kier molecular flexibility index (Phi) is 3.62. The molecule has 1 saturated heterocycles. The van der Waals surface area contributed by atoms with Crippen LogP contribution in [0.2, 0.25) is 0 Å². The van der Waals surface area contributed by atoms with E-state index in [-0.39, 0.29) is 11.2 Å². The summed E-state index contributed by atoms with van der Waals surface area (Å²) in [7, 11) is 0. The third-order valence-electron chi connectivity index (χ3n) is 3.75. The SMILES string of the molecule is CC(C)(C)c1ccc(N2CCC(CN)C2)cc1F. The standard InChI is InChI=1S/C15H23FN2/c1-15(2,3)13-5-4-12(8-14(13)16)18-7-6-11(9-17)10-18/h4-5,8,11H,6-7,9-10,17H2,1-3H3. The Morgan fingerprint density at radius 3 is 2.61 bits per heavy atom. The van der Waals surface area contributed by atoms with Crippen molar-refractivity contribution < 1.29 is 4.39 Å². The maximum atomic E-state index is 14.1. The van der Waals surface area contributed by atoms with E-state index in [1.54, 1.807) is 6.07 Å². The molecule has 1 aromatic rings. The van der Waals surface area contributed by atoms with Gasteiger partial charge in [0.05, 0.1) is 0 Å². The normalized spacial score (nSPS) is 20.5. The fourth-order valence-electron chi connectivity index (χ4n) is 2.57. The van der Waals surface area contributed by atoms with Crippen LogP contribution in [0.4, 0.5) is 10.1 Å². The van der Waals surface area contributed by atoms with Gasteiger partial charge in [-0.2, -0.15) is 0 Å². The highest BCUT2D eigenvalue weighted by molar-refractivity contribution is 5.50. The van der Waals surface area contributed by atoms with Gasteiger partial charge in [0.1, 0.15) is 5.82 Å². The summed E-state index contributed by atoms with van der Waals surface area (Å²) >= 11 is 0. The van der Waals surface area contributed by atoms with Gasteiger partial charge in [-0.15, -0.1) is 0 Å². The minimum absolute atomic E-state index is 0.101. The van der Waals surface area contributed by atoms with E-state index in [0.29, 0.717) is 5.92 Å². The first-order chi connectivity index (χ1) is 8.41. The molecule has 0 aromatic heterocycles. The summed E-state index contributed by atoms with van der Waals surface area (Å²) in [6, 6.07) is 5.61. The monoisotopic (exact) mass is 250 g/mol. The number of benzene rings is 1. The highest BCUT2D eigenvalue weighted by Crippen LogP contribution is 2.30. The molecule has 0 radical (unpaired) electrons. The van der Waals surface area contributed by atoms with Crippen LogP contribution in [0.5, 0.6) is 0 Å². The molecule has 1 unspecified atom stereocenters. The van der Waals surface area contributed by atoms with Gasteiger partial charge in [-0.1, -0.05) is 26.8 Å². The lowest BCUT2D eigenvalue weighted by Crippen LogP contribution is -2.23. The van der Waals surface area contributed by atoms with E-state index in [9.17, 15) is 4.39 Å². The zero-order chi connectivity index (χ0) is 13.3. The number of halogens is 1. The molecule has 1 fully saturated rings. The molecule has 0 amide bonds. The second-order valence-electron chi connectivity index (χ2n) is 6.25. The number of hydrogen-bond acceptors (Lipinski definition) is 2. The van der Waals surface area contributed by atoms with Crippen molar-refractivity contribution in [2.45, 2.75) is 32.6 Å². The predicted octanol–water partition coefficient (Wildman–Crippen LogP) is 2.91. The molecule has 0 spiro atoms. The summed E-state index contributed by atoms with van der Waals surface area (Å²) in [5.74, 6) is 0.451. The van der Waals surface area contributed by atoms with Crippen LogP contribution in [-0.2, 0) is 5.41 Å². The first-order valence-corrected chi connectivity index (χ1v) is 6.67. The van der Waals surface area contributed by atoms with Crippen LogP contribution in [0.1, 0.15) is 32.8 Å². The Labute approximate surface area is 109 Å². The van der Waals surface area contributed by atoms with Crippen molar-refractivity contribution in [3.8, 4) is 0 Å². The Balaban J connectivity index is 2.20. The topological polar surface area (TPSA) is 29.3 Å². The van der Waals surface area contributed by atoms with Crippen LogP contribution in [0.15, 0.2) is 18.2 Å². The summed E-state index contributed by atoms with van der Waals surface area (Å²) in [6.07, 6.45) is 1.11. The Morgan fingerprint density at radius 1 is 1.39 bits per heavy atom. The van der Waals surface area contributed by atoms with E-state index in [4.69, 9.17) is 5.73 Å². The zero-order valence-electron chi connectivity index (χ0n) is 11.5. The van der Waals surface area contributed by atoms with E-state index in [0.717, 1.165) is 37.3 Å². The van der Waals surface area contributed by atoms with Crippen molar-refractivity contribution in [3.63, 3.8) is 0 Å². The molecule has 100 valence electrons. The number of hydrogen-bond donors (Lipinski definition) is 1. The molecular weight excluding hydrogens is 227 g/mol. The molecule has 0 saturated carbocycles. The first kappa shape index (κ1) is 13.3. The molecule has 1 atom stereocenters. The van der Waals surface area contributed by atoms with Crippen LogP contribution in [0, 0.1) is 11.7 Å². The first-order valence-electron chi connectivity index (χ1n) is 6.67. The third kappa shape index (κ3) is 2.66. The van der Waals surface area contributed by atoms with E-state index in [1.807, 2.05) is 32.9 Å². The molecule has 1 aliphatic heterocycles. The average Bonchev–Trinajstić information content (AvgIpc) is 2.75. The second kappa shape index (κ2) is 4.88. The zero-order valence-corrected chi connectivity index (χ0v) is 11.5. The lowest BCUT2D eigenvalue weighted by molar-refractivity contribution is 0.522. The third-order valence-corrected chi connectivity index (χ3v) is 3.75. The van der Waals surface area contributed by atoms with Crippen LogP contribution in [0.25, 0.3) is 0 Å².